The molecule has 0 saturated carbocycles. The minimum absolute atomic E-state index is 0.0594. The van der Waals surface area contributed by atoms with Crippen molar-refractivity contribution in [3.63, 3.8) is 0 Å². The van der Waals surface area contributed by atoms with Crippen molar-refractivity contribution < 1.29 is 22.5 Å². The molecule has 7 nitrogen and oxygen atoms in total. The summed E-state index contributed by atoms with van der Waals surface area (Å²) in [6.07, 6.45) is -0.684. The molecular weight excluding hydrogens is 280 g/mol. The predicted molar refractivity (Wildman–Crippen MR) is 68.6 cm³/mol. The summed E-state index contributed by atoms with van der Waals surface area (Å²) in [5.41, 5.74) is -0.651. The van der Waals surface area contributed by atoms with Crippen molar-refractivity contribution in [1.82, 2.24) is 9.62 Å². The molecule has 0 bridgehead atoms. The van der Waals surface area contributed by atoms with Crippen molar-refractivity contribution >= 4 is 33.6 Å². The molecule has 0 spiro atoms. The average molecular weight is 296 g/mol. The Labute approximate surface area is 111 Å². The van der Waals surface area contributed by atoms with Crippen LogP contribution < -0.4 is 5.32 Å². The van der Waals surface area contributed by atoms with Gasteiger partial charge in [0.15, 0.2) is 0 Å². The van der Waals surface area contributed by atoms with E-state index in [9.17, 15) is 13.2 Å². The molecule has 0 aromatic heterocycles. The van der Waals surface area contributed by atoms with E-state index in [4.69, 9.17) is 21.5 Å². The van der Waals surface area contributed by atoms with Gasteiger partial charge in [0.1, 0.15) is 16.6 Å². The van der Waals surface area contributed by atoms with Crippen LogP contribution >= 0.6 is 12.2 Å². The molecule has 1 aliphatic rings. The third-order valence-corrected chi connectivity index (χ3v) is 3.85. The van der Waals surface area contributed by atoms with E-state index in [0.29, 0.717) is 4.31 Å². The maximum absolute atomic E-state index is 11.5. The first-order valence-electron chi connectivity index (χ1n) is 5.23. The fourth-order valence-corrected chi connectivity index (χ4v) is 3.13. The zero-order valence-electron chi connectivity index (χ0n) is 10.5. The zero-order valence-corrected chi connectivity index (χ0v) is 12.1. The summed E-state index contributed by atoms with van der Waals surface area (Å²) in [4.78, 5) is 11.4. The lowest BCUT2D eigenvalue weighted by Crippen LogP contribution is -2.70. The Bertz CT molecular complexity index is 468. The number of amides is 1. The van der Waals surface area contributed by atoms with Crippen molar-refractivity contribution in [1.29, 1.82) is 0 Å². The minimum Gasteiger partial charge on any atom is -0.444 e. The maximum Gasteiger partial charge on any atom is 0.408 e. The summed E-state index contributed by atoms with van der Waals surface area (Å²) in [6.45, 7) is 6.64. The zero-order chi connectivity index (χ0) is 14.3. The summed E-state index contributed by atoms with van der Waals surface area (Å²) in [7, 11) is -4.37. The molecule has 1 aliphatic heterocycles. The Morgan fingerprint density at radius 3 is 2.33 bits per heavy atom. The number of hydrogen-bond acceptors (Lipinski definition) is 5. The van der Waals surface area contributed by atoms with E-state index in [1.165, 1.54) is 6.92 Å². The Morgan fingerprint density at radius 1 is 1.50 bits per heavy atom. The van der Waals surface area contributed by atoms with Crippen LogP contribution in [-0.2, 0) is 15.0 Å². The van der Waals surface area contributed by atoms with Gasteiger partial charge in [-0.1, -0.05) is 12.2 Å². The predicted octanol–water partition coefficient (Wildman–Crippen LogP) is 0.714. The van der Waals surface area contributed by atoms with Crippen molar-refractivity contribution in [2.24, 2.45) is 0 Å². The summed E-state index contributed by atoms with van der Waals surface area (Å²) >= 11 is 4.83. The van der Waals surface area contributed by atoms with Crippen molar-refractivity contribution in [3.8, 4) is 0 Å². The molecule has 1 fully saturated rings. The van der Waals surface area contributed by atoms with E-state index in [1.807, 2.05) is 0 Å². The third-order valence-electron chi connectivity index (χ3n) is 2.26. The van der Waals surface area contributed by atoms with Gasteiger partial charge in [-0.2, -0.15) is 8.42 Å². The van der Waals surface area contributed by atoms with Crippen LogP contribution in [0.3, 0.4) is 0 Å². The molecule has 1 heterocycles. The van der Waals surface area contributed by atoms with Gasteiger partial charge in [-0.3, -0.25) is 4.55 Å². The molecular formula is C9H16N2O5S2. The number of alkyl carbamates (subject to hydrolysis) is 1. The van der Waals surface area contributed by atoms with Crippen molar-refractivity contribution in [3.05, 3.63) is 0 Å². The van der Waals surface area contributed by atoms with Crippen LogP contribution in [0, 0.1) is 0 Å². The quantitative estimate of drug-likeness (QED) is 0.575. The molecule has 2 N–H and O–H groups in total. The van der Waals surface area contributed by atoms with E-state index in [0.717, 1.165) is 0 Å². The van der Waals surface area contributed by atoms with Gasteiger partial charge in [0.05, 0.1) is 6.04 Å². The Morgan fingerprint density at radius 2 is 2.00 bits per heavy atom. The second kappa shape index (κ2) is 4.63. The lowest BCUT2D eigenvalue weighted by Gasteiger charge is -2.45. The number of carbonyl (C=O) groups is 1. The normalized spacial score (nSPS) is 24.5. The molecule has 18 heavy (non-hydrogen) atoms. The Kier molecular flexibility index (Phi) is 3.89. The average Bonchev–Trinajstić information content (AvgIpc) is 2.09. The molecule has 1 saturated heterocycles. The highest BCUT2D eigenvalue weighted by Gasteiger charge is 2.48. The summed E-state index contributed by atoms with van der Waals surface area (Å²) in [5, 5.41) is 2.45. The molecule has 1 amide bonds. The molecule has 2 unspecified atom stereocenters. The molecule has 0 aromatic carbocycles. The molecule has 0 aromatic rings. The number of carbonyl (C=O) groups excluding carboxylic acids is 1. The highest BCUT2D eigenvalue weighted by Crippen LogP contribution is 2.24. The molecule has 9 heteroatoms. The molecule has 104 valence electrons. The fraction of sp³-hybridized carbons (Fsp3) is 0.778. The highest BCUT2D eigenvalue weighted by molar-refractivity contribution is 7.87. The van der Waals surface area contributed by atoms with Gasteiger partial charge >= 0.3 is 16.4 Å². The second-order valence-corrected chi connectivity index (χ2v) is 6.68. The number of hydrogen-bond donors (Lipinski definition) is 2. The fourth-order valence-electron chi connectivity index (χ4n) is 1.54. The van der Waals surface area contributed by atoms with E-state index in [1.54, 1.807) is 20.8 Å². The third kappa shape index (κ3) is 3.30. The monoisotopic (exact) mass is 296 g/mol. The summed E-state index contributed by atoms with van der Waals surface area (Å²) in [6, 6.07) is -1.28. The van der Waals surface area contributed by atoms with Crippen molar-refractivity contribution in [2.75, 3.05) is 0 Å². The molecule has 0 radical (unpaired) electrons. The summed E-state index contributed by atoms with van der Waals surface area (Å²) in [5.74, 6) is 0. The van der Waals surface area contributed by atoms with E-state index in [-0.39, 0.29) is 4.99 Å². The van der Waals surface area contributed by atoms with Crippen LogP contribution in [0.2, 0.25) is 0 Å². The molecule has 1 rings (SSSR count). The van der Waals surface area contributed by atoms with Gasteiger partial charge in [0.25, 0.3) is 0 Å². The minimum atomic E-state index is -4.37. The van der Waals surface area contributed by atoms with Crippen LogP contribution in [0.4, 0.5) is 4.79 Å². The van der Waals surface area contributed by atoms with Crippen LogP contribution in [0.15, 0.2) is 0 Å². The largest absolute Gasteiger partial charge is 0.444 e. The number of thiocarbonyl (C=S) groups is 1. The SMILES string of the molecule is CC1C(NC(=O)OC(C)(C)C)C(=S)N1S(=O)(=O)O. The van der Waals surface area contributed by atoms with E-state index < -0.39 is 34.1 Å². The van der Waals surface area contributed by atoms with Gasteiger partial charge in [0, 0.05) is 0 Å². The molecule has 2 atom stereocenters. The maximum atomic E-state index is 11.5. The van der Waals surface area contributed by atoms with E-state index in [2.05, 4.69) is 5.32 Å². The highest BCUT2D eigenvalue weighted by atomic mass is 32.2. The smallest absolute Gasteiger partial charge is 0.408 e. The number of rotatable bonds is 2. The van der Waals surface area contributed by atoms with Crippen LogP contribution in [0.25, 0.3) is 0 Å². The van der Waals surface area contributed by atoms with E-state index >= 15 is 0 Å². The van der Waals surface area contributed by atoms with Gasteiger partial charge in [-0.25, -0.2) is 9.10 Å². The van der Waals surface area contributed by atoms with Crippen LogP contribution in [0.1, 0.15) is 27.7 Å². The standard InChI is InChI=1S/C9H16N2O5S2/c1-5-6(7(17)11(5)18(13,14)15)10-8(12)16-9(2,3)4/h5-6H,1-4H3,(H,10,12)(H,13,14,15). The number of ether oxygens (including phenoxy) is 1. The topological polar surface area (TPSA) is 95.9 Å². The lowest BCUT2D eigenvalue weighted by molar-refractivity contribution is 0.0491. The first kappa shape index (κ1) is 15.1. The van der Waals surface area contributed by atoms with Gasteiger partial charge in [-0.15, -0.1) is 0 Å². The lowest BCUT2D eigenvalue weighted by atomic mass is 10.0. The second-order valence-electron chi connectivity index (χ2n) is 4.98. The number of nitrogens with one attached hydrogen (secondary N) is 1. The van der Waals surface area contributed by atoms with Gasteiger partial charge in [0.2, 0.25) is 0 Å². The first-order valence-corrected chi connectivity index (χ1v) is 7.04. The molecule has 0 aliphatic carbocycles. The Hall–Kier alpha value is -0.930. The van der Waals surface area contributed by atoms with Crippen LogP contribution in [0.5, 0.6) is 0 Å². The number of nitrogens with zero attached hydrogens (tertiary/aromatic N) is 1. The van der Waals surface area contributed by atoms with Gasteiger partial charge in [-0.05, 0) is 27.7 Å². The Balaban J connectivity index is 2.63. The van der Waals surface area contributed by atoms with Crippen LogP contribution in [-0.4, -0.2) is 46.0 Å². The first-order chi connectivity index (χ1) is 7.93. The van der Waals surface area contributed by atoms with Crippen molar-refractivity contribution in [2.45, 2.75) is 45.4 Å². The summed E-state index contributed by atoms with van der Waals surface area (Å²) < 4.78 is 36.5. The van der Waals surface area contributed by atoms with Gasteiger partial charge < -0.3 is 10.1 Å².